The molecule has 2 N–H and O–H groups in total. The minimum atomic E-state index is -0.242. The first-order valence-corrected chi connectivity index (χ1v) is 9.40. The average molecular weight is 390 g/mol. The first-order chi connectivity index (χ1) is 12.9. The minimum Gasteiger partial charge on any atom is -0.360 e. The zero-order chi connectivity index (χ0) is 19.8. The predicted molar refractivity (Wildman–Crippen MR) is 104 cm³/mol. The molecule has 0 saturated heterocycles. The molecule has 0 aliphatic heterocycles. The van der Waals surface area contributed by atoms with Gasteiger partial charge in [0.25, 0.3) is 5.91 Å². The summed E-state index contributed by atoms with van der Waals surface area (Å²) < 4.78 is 4.87. The Morgan fingerprint density at radius 2 is 1.89 bits per heavy atom. The summed E-state index contributed by atoms with van der Waals surface area (Å²) in [6.07, 6.45) is 0. The Morgan fingerprint density at radius 3 is 2.48 bits per heavy atom. The van der Waals surface area contributed by atoms with Gasteiger partial charge in [-0.15, -0.1) is 11.8 Å². The van der Waals surface area contributed by atoms with E-state index in [1.807, 2.05) is 12.1 Å². The van der Waals surface area contributed by atoms with Crippen molar-refractivity contribution in [2.75, 3.05) is 30.9 Å². The number of nitrogens with zero attached hydrogens (tertiary/aromatic N) is 2. The minimum absolute atomic E-state index is 0.0829. The third-order valence-corrected chi connectivity index (χ3v) is 4.56. The Kier molecular flexibility index (Phi) is 7.42. The number of hydrogen-bond acceptors (Lipinski definition) is 6. The van der Waals surface area contributed by atoms with Crippen LogP contribution in [0, 0.1) is 6.92 Å². The second-order valence-electron chi connectivity index (χ2n) is 5.89. The van der Waals surface area contributed by atoms with E-state index in [2.05, 4.69) is 15.8 Å². The summed E-state index contributed by atoms with van der Waals surface area (Å²) >= 11 is 1.23. The van der Waals surface area contributed by atoms with Crippen LogP contribution in [0.2, 0.25) is 0 Å². The lowest BCUT2D eigenvalue weighted by Crippen LogP contribution is -2.28. The van der Waals surface area contributed by atoms with Gasteiger partial charge in [0.1, 0.15) is 5.76 Å². The zero-order valence-electron chi connectivity index (χ0n) is 15.4. The lowest BCUT2D eigenvalue weighted by atomic mass is 10.1. The van der Waals surface area contributed by atoms with Gasteiger partial charge in [-0.25, -0.2) is 0 Å². The quantitative estimate of drug-likeness (QED) is 0.711. The average Bonchev–Trinajstić information content (AvgIpc) is 3.06. The Morgan fingerprint density at radius 1 is 1.19 bits per heavy atom. The van der Waals surface area contributed by atoms with Gasteiger partial charge < -0.3 is 20.1 Å². The number of carbonyl (C=O) groups is 3. The topological polar surface area (TPSA) is 105 Å². The van der Waals surface area contributed by atoms with E-state index in [4.69, 9.17) is 4.52 Å². The van der Waals surface area contributed by atoms with Gasteiger partial charge in [0.15, 0.2) is 5.82 Å². The molecule has 1 aromatic carbocycles. The van der Waals surface area contributed by atoms with Gasteiger partial charge in [0, 0.05) is 32.3 Å². The molecule has 144 valence electrons. The van der Waals surface area contributed by atoms with E-state index in [0.717, 1.165) is 5.56 Å². The van der Waals surface area contributed by atoms with Gasteiger partial charge >= 0.3 is 0 Å². The summed E-state index contributed by atoms with van der Waals surface area (Å²) in [5.74, 6) is 0.833. The summed E-state index contributed by atoms with van der Waals surface area (Å²) in [5.41, 5.74) is 1.49. The highest BCUT2D eigenvalue weighted by atomic mass is 32.2. The highest BCUT2D eigenvalue weighted by Gasteiger charge is 2.12. The maximum absolute atomic E-state index is 12.2. The van der Waals surface area contributed by atoms with Crippen LogP contribution in [0.5, 0.6) is 0 Å². The summed E-state index contributed by atoms with van der Waals surface area (Å²) in [7, 11) is 3.28. The highest BCUT2D eigenvalue weighted by molar-refractivity contribution is 8.00. The standard InChI is InChI=1S/C18H22N4O4S/c1-12-8-15(21-26-12)20-16(23)10-27-11-17(24)22(3)9-13-4-6-14(7-5-13)18(25)19-2/h4-8H,9-11H2,1-3H3,(H,19,25)(H,20,21,23). The van der Waals surface area contributed by atoms with Crippen LogP contribution in [0.4, 0.5) is 5.82 Å². The van der Waals surface area contributed by atoms with E-state index < -0.39 is 0 Å². The fraction of sp³-hybridized carbons (Fsp3) is 0.333. The lowest BCUT2D eigenvalue weighted by Gasteiger charge is -2.17. The smallest absolute Gasteiger partial charge is 0.251 e. The second kappa shape index (κ2) is 9.77. The van der Waals surface area contributed by atoms with Crippen molar-refractivity contribution in [1.29, 1.82) is 0 Å². The van der Waals surface area contributed by atoms with E-state index in [0.29, 0.717) is 23.7 Å². The molecule has 2 rings (SSSR count). The van der Waals surface area contributed by atoms with Crippen molar-refractivity contribution in [3.63, 3.8) is 0 Å². The van der Waals surface area contributed by atoms with Crippen LogP contribution in [0.15, 0.2) is 34.9 Å². The van der Waals surface area contributed by atoms with E-state index in [-0.39, 0.29) is 29.2 Å². The third-order valence-electron chi connectivity index (χ3n) is 3.64. The number of carbonyl (C=O) groups excluding carboxylic acids is 3. The number of thioether (sulfide) groups is 1. The Bertz CT molecular complexity index is 804. The molecule has 0 aliphatic carbocycles. The van der Waals surface area contributed by atoms with Gasteiger partial charge in [-0.05, 0) is 24.6 Å². The molecule has 2 aromatic rings. The Balaban J connectivity index is 1.73. The normalized spacial score (nSPS) is 10.3. The number of nitrogens with one attached hydrogen (secondary N) is 2. The number of benzene rings is 1. The summed E-state index contributed by atoms with van der Waals surface area (Å²) in [5, 5.41) is 8.84. The number of hydrogen-bond donors (Lipinski definition) is 2. The van der Waals surface area contributed by atoms with Crippen LogP contribution in [0.1, 0.15) is 21.7 Å². The number of anilines is 1. The largest absolute Gasteiger partial charge is 0.360 e. The lowest BCUT2D eigenvalue weighted by molar-refractivity contribution is -0.127. The van der Waals surface area contributed by atoms with E-state index in [1.165, 1.54) is 11.8 Å². The molecular weight excluding hydrogens is 368 g/mol. The molecule has 0 spiro atoms. The molecule has 0 unspecified atom stereocenters. The van der Waals surface area contributed by atoms with E-state index in [1.54, 1.807) is 44.1 Å². The number of amides is 3. The number of aryl methyl sites for hydroxylation is 1. The van der Waals surface area contributed by atoms with Crippen molar-refractivity contribution in [1.82, 2.24) is 15.4 Å². The summed E-state index contributed by atoms with van der Waals surface area (Å²) in [6, 6.07) is 8.69. The molecule has 9 heteroatoms. The van der Waals surface area contributed by atoms with Gasteiger partial charge in [0.2, 0.25) is 11.8 Å². The van der Waals surface area contributed by atoms with Crippen molar-refractivity contribution in [3.8, 4) is 0 Å². The molecule has 1 heterocycles. The molecular formula is C18H22N4O4S. The van der Waals surface area contributed by atoms with Gasteiger partial charge in [-0.3, -0.25) is 14.4 Å². The van der Waals surface area contributed by atoms with E-state index in [9.17, 15) is 14.4 Å². The molecule has 0 radical (unpaired) electrons. The highest BCUT2D eigenvalue weighted by Crippen LogP contribution is 2.11. The van der Waals surface area contributed by atoms with Crippen molar-refractivity contribution < 1.29 is 18.9 Å². The molecule has 0 saturated carbocycles. The van der Waals surface area contributed by atoms with Crippen molar-refractivity contribution in [2.24, 2.45) is 0 Å². The fourth-order valence-electron chi connectivity index (χ4n) is 2.21. The number of aromatic nitrogens is 1. The monoisotopic (exact) mass is 390 g/mol. The van der Waals surface area contributed by atoms with Crippen LogP contribution in [0.25, 0.3) is 0 Å². The molecule has 0 fully saturated rings. The predicted octanol–water partition coefficient (Wildman–Crippen LogP) is 1.67. The first-order valence-electron chi connectivity index (χ1n) is 8.25. The maximum Gasteiger partial charge on any atom is 0.251 e. The van der Waals surface area contributed by atoms with Crippen molar-refractivity contribution in [2.45, 2.75) is 13.5 Å². The molecule has 0 atom stereocenters. The summed E-state index contributed by atoms with van der Waals surface area (Å²) in [6.45, 7) is 2.16. The van der Waals surface area contributed by atoms with Crippen LogP contribution in [-0.2, 0) is 16.1 Å². The Hall–Kier alpha value is -2.81. The Labute approximate surface area is 161 Å². The van der Waals surface area contributed by atoms with Gasteiger partial charge in [0.05, 0.1) is 11.5 Å². The fourth-order valence-corrected chi connectivity index (χ4v) is 2.97. The van der Waals surface area contributed by atoms with Crippen LogP contribution < -0.4 is 10.6 Å². The summed E-state index contributed by atoms with van der Waals surface area (Å²) in [4.78, 5) is 37.1. The van der Waals surface area contributed by atoms with Gasteiger partial charge in [-0.2, -0.15) is 0 Å². The molecule has 0 aliphatic rings. The number of rotatable bonds is 8. The first kappa shape index (κ1) is 20.5. The van der Waals surface area contributed by atoms with Crippen LogP contribution in [0.3, 0.4) is 0 Å². The van der Waals surface area contributed by atoms with Crippen molar-refractivity contribution >= 4 is 35.3 Å². The van der Waals surface area contributed by atoms with E-state index >= 15 is 0 Å². The van der Waals surface area contributed by atoms with Crippen LogP contribution >= 0.6 is 11.8 Å². The van der Waals surface area contributed by atoms with Crippen molar-refractivity contribution in [3.05, 3.63) is 47.2 Å². The molecule has 8 nitrogen and oxygen atoms in total. The SMILES string of the molecule is CNC(=O)c1ccc(CN(C)C(=O)CSCC(=O)Nc2cc(C)on2)cc1. The third kappa shape index (κ3) is 6.45. The van der Waals surface area contributed by atoms with Crippen LogP contribution in [-0.4, -0.2) is 53.4 Å². The molecule has 0 bridgehead atoms. The van der Waals surface area contributed by atoms with Gasteiger partial charge in [-0.1, -0.05) is 17.3 Å². The maximum atomic E-state index is 12.2. The zero-order valence-corrected chi connectivity index (χ0v) is 16.3. The molecule has 27 heavy (non-hydrogen) atoms. The second-order valence-corrected chi connectivity index (χ2v) is 6.88. The molecule has 1 aromatic heterocycles. The molecule has 3 amide bonds.